The highest BCUT2D eigenvalue weighted by molar-refractivity contribution is 5.93. The number of likely N-dealkylation sites (N-methyl/N-ethyl adjacent to an activating group) is 1. The van der Waals surface area contributed by atoms with Gasteiger partial charge in [-0.2, -0.15) is 0 Å². The molecular weight excluding hydrogens is 741 g/mol. The van der Waals surface area contributed by atoms with E-state index in [1.54, 1.807) is 12.1 Å². The molecule has 6 N–H and O–H groups in total. The Kier molecular flexibility index (Phi) is 15.8. The van der Waals surface area contributed by atoms with Crippen LogP contribution < -0.4 is 16.4 Å². The molecule has 5 atom stereocenters. The molecule has 5 aromatic carbocycles. The maximum Gasteiger partial charge on any atom is 0.224 e. The van der Waals surface area contributed by atoms with Crippen LogP contribution in [0.15, 0.2) is 127 Å². The van der Waals surface area contributed by atoms with Crippen LogP contribution in [0.4, 0.5) is 11.4 Å². The molecule has 0 aromatic heterocycles. The summed E-state index contributed by atoms with van der Waals surface area (Å²) in [4.78, 5) is 27.0. The Morgan fingerprint density at radius 3 is 2.15 bits per heavy atom. The van der Waals surface area contributed by atoms with Crippen LogP contribution in [-0.4, -0.2) is 52.7 Å². The van der Waals surface area contributed by atoms with Crippen molar-refractivity contribution in [3.05, 3.63) is 155 Å². The maximum atomic E-state index is 12.6. The minimum atomic E-state index is -0.642. The standard InChI is InChI=1S/C49H58N4O6/c1-34(48(57)39-14-6-5-7-15-39)53(2)32-42-30-45(38-23-21-35(33-54)22-24-38)59-49(58-42)40-27-25-37(26-28-40)41-16-12-13-36(29-41)31-51-46(55)19-8-3-4-9-20-47(56)52-44-18-11-10-17-43(44)50/h5-7,10-18,21-29,34,42,45,48-49,54,57H,3-4,8-9,19-20,30-33,50H2,1-2H3,(H,51,55)(H,52,56)/t34-,42+,45-,48-,49-/m1/s1. The molecule has 5 aromatic rings. The van der Waals surface area contributed by atoms with Crippen LogP contribution in [0.2, 0.25) is 0 Å². The second kappa shape index (κ2) is 21.6. The number of anilines is 2. The monoisotopic (exact) mass is 798 g/mol. The van der Waals surface area contributed by atoms with Crippen molar-refractivity contribution in [2.45, 2.75) is 95.7 Å². The quantitative estimate of drug-likeness (QED) is 0.0413. The molecule has 1 saturated heterocycles. The van der Waals surface area contributed by atoms with E-state index in [-0.39, 0.29) is 36.7 Å². The van der Waals surface area contributed by atoms with Crippen LogP contribution in [-0.2, 0) is 32.2 Å². The van der Waals surface area contributed by atoms with Gasteiger partial charge in [0, 0.05) is 44.0 Å². The van der Waals surface area contributed by atoms with E-state index in [9.17, 15) is 19.8 Å². The molecule has 6 rings (SSSR count). The van der Waals surface area contributed by atoms with Crippen molar-refractivity contribution in [3.63, 3.8) is 0 Å². The van der Waals surface area contributed by atoms with E-state index in [2.05, 4.69) is 39.8 Å². The first-order valence-corrected chi connectivity index (χ1v) is 20.7. The fraction of sp³-hybridized carbons (Fsp3) is 0.347. The molecule has 0 bridgehead atoms. The first-order valence-electron chi connectivity index (χ1n) is 20.7. The molecule has 0 radical (unpaired) electrons. The van der Waals surface area contributed by atoms with Gasteiger partial charge in [0.2, 0.25) is 11.8 Å². The lowest BCUT2D eigenvalue weighted by molar-refractivity contribution is -0.253. The Morgan fingerprint density at radius 2 is 1.44 bits per heavy atom. The van der Waals surface area contributed by atoms with Gasteiger partial charge in [0.05, 0.1) is 36.3 Å². The van der Waals surface area contributed by atoms with Gasteiger partial charge >= 0.3 is 0 Å². The highest BCUT2D eigenvalue weighted by Crippen LogP contribution is 2.39. The summed E-state index contributed by atoms with van der Waals surface area (Å²) < 4.78 is 13.2. The maximum absolute atomic E-state index is 12.6. The van der Waals surface area contributed by atoms with Crippen molar-refractivity contribution in [1.29, 1.82) is 0 Å². The number of aliphatic hydroxyl groups excluding tert-OH is 2. The number of para-hydroxylation sites is 2. The van der Waals surface area contributed by atoms with Crippen molar-refractivity contribution in [3.8, 4) is 11.1 Å². The smallest absolute Gasteiger partial charge is 0.224 e. The summed E-state index contributed by atoms with van der Waals surface area (Å²) in [5, 5.41) is 26.7. The molecule has 310 valence electrons. The van der Waals surface area contributed by atoms with Crippen molar-refractivity contribution in [1.82, 2.24) is 10.2 Å². The number of aliphatic hydroxyl groups is 2. The number of carbonyl (C=O) groups excluding carboxylic acids is 2. The number of unbranched alkanes of at least 4 members (excludes halogenated alkanes) is 3. The lowest BCUT2D eigenvalue weighted by atomic mass is 9.98. The lowest BCUT2D eigenvalue weighted by Gasteiger charge is -2.39. The van der Waals surface area contributed by atoms with Gasteiger partial charge in [-0.3, -0.25) is 14.5 Å². The molecule has 1 aliphatic heterocycles. The van der Waals surface area contributed by atoms with Crippen LogP contribution in [0.5, 0.6) is 0 Å². The van der Waals surface area contributed by atoms with E-state index in [0.29, 0.717) is 43.7 Å². The minimum Gasteiger partial charge on any atom is -0.397 e. The van der Waals surface area contributed by atoms with Gasteiger partial charge in [-0.1, -0.05) is 122 Å². The molecule has 0 spiro atoms. The van der Waals surface area contributed by atoms with Crippen molar-refractivity contribution in [2.24, 2.45) is 0 Å². The molecule has 0 saturated carbocycles. The number of amides is 2. The van der Waals surface area contributed by atoms with E-state index in [1.807, 2.05) is 105 Å². The van der Waals surface area contributed by atoms with Crippen LogP contribution in [0.25, 0.3) is 11.1 Å². The molecule has 59 heavy (non-hydrogen) atoms. The largest absolute Gasteiger partial charge is 0.397 e. The highest BCUT2D eigenvalue weighted by Gasteiger charge is 2.34. The number of carbonyl (C=O) groups is 2. The summed E-state index contributed by atoms with van der Waals surface area (Å²) in [5.74, 6) is -0.0411. The van der Waals surface area contributed by atoms with Gasteiger partial charge < -0.3 is 36.1 Å². The molecular formula is C49H58N4O6. The van der Waals surface area contributed by atoms with Gasteiger partial charge in [0.1, 0.15) is 0 Å². The molecule has 1 heterocycles. The van der Waals surface area contributed by atoms with E-state index in [1.165, 1.54) is 0 Å². The zero-order chi connectivity index (χ0) is 41.6. The predicted octanol–water partition coefficient (Wildman–Crippen LogP) is 8.62. The lowest BCUT2D eigenvalue weighted by Crippen LogP contribution is -2.43. The highest BCUT2D eigenvalue weighted by atomic mass is 16.7. The third kappa shape index (κ3) is 12.6. The molecule has 2 amide bonds. The second-order valence-electron chi connectivity index (χ2n) is 15.5. The Hall–Kier alpha value is -5.36. The van der Waals surface area contributed by atoms with Gasteiger partial charge in [-0.15, -0.1) is 0 Å². The molecule has 0 aliphatic carbocycles. The Morgan fingerprint density at radius 1 is 0.763 bits per heavy atom. The topological polar surface area (TPSA) is 146 Å². The van der Waals surface area contributed by atoms with Crippen LogP contribution >= 0.6 is 0 Å². The number of nitrogens with one attached hydrogen (secondary N) is 2. The Balaban J connectivity index is 1.00. The van der Waals surface area contributed by atoms with E-state index >= 15 is 0 Å². The fourth-order valence-electron chi connectivity index (χ4n) is 7.42. The summed E-state index contributed by atoms with van der Waals surface area (Å²) in [6, 6.07) is 41.1. The van der Waals surface area contributed by atoms with E-state index < -0.39 is 12.4 Å². The third-order valence-corrected chi connectivity index (χ3v) is 11.1. The summed E-state index contributed by atoms with van der Waals surface area (Å²) in [6.07, 6.45) is 3.15. The number of hydrogen-bond donors (Lipinski definition) is 5. The van der Waals surface area contributed by atoms with Crippen molar-refractivity contribution >= 4 is 23.2 Å². The molecule has 1 aliphatic rings. The number of ether oxygens (including phenoxy) is 2. The molecule has 0 unspecified atom stereocenters. The zero-order valence-electron chi connectivity index (χ0n) is 34.1. The van der Waals surface area contributed by atoms with Gasteiger partial charge in [-0.05, 0) is 78.4 Å². The van der Waals surface area contributed by atoms with E-state index in [4.69, 9.17) is 15.2 Å². The Bertz CT molecular complexity index is 2080. The predicted molar refractivity (Wildman–Crippen MR) is 233 cm³/mol. The average molecular weight is 799 g/mol. The molecule has 10 nitrogen and oxygen atoms in total. The van der Waals surface area contributed by atoms with Gasteiger partial charge in [-0.25, -0.2) is 0 Å². The normalized spacial score (nSPS) is 17.6. The zero-order valence-corrected chi connectivity index (χ0v) is 34.1. The van der Waals surface area contributed by atoms with Gasteiger partial charge in [0.15, 0.2) is 6.29 Å². The average Bonchev–Trinajstić information content (AvgIpc) is 3.27. The first kappa shape index (κ1) is 43.2. The van der Waals surface area contributed by atoms with Crippen LogP contribution in [0.1, 0.15) is 98.2 Å². The van der Waals surface area contributed by atoms with Crippen molar-refractivity contribution < 1.29 is 29.3 Å². The van der Waals surface area contributed by atoms with Crippen LogP contribution in [0.3, 0.4) is 0 Å². The SMILES string of the molecule is C[C@H]([C@@H](O)c1ccccc1)N(C)C[C@@H]1C[C@H](c2ccc(CO)cc2)O[C@H](c2ccc(-c3cccc(CNC(=O)CCCCCCC(=O)Nc4ccccc4N)c3)cc2)O1. The van der Waals surface area contributed by atoms with E-state index in [0.717, 1.165) is 64.6 Å². The fourth-order valence-corrected chi connectivity index (χ4v) is 7.42. The molecule has 10 heteroatoms. The number of nitrogens with two attached hydrogens (primary N) is 1. The Labute approximate surface area is 348 Å². The number of hydrogen-bond acceptors (Lipinski definition) is 8. The summed E-state index contributed by atoms with van der Waals surface area (Å²) in [6.45, 7) is 3.05. The molecule has 1 fully saturated rings. The number of nitrogen functional groups attached to an aromatic ring is 1. The number of nitrogens with zero attached hydrogens (tertiary/aromatic N) is 1. The summed E-state index contributed by atoms with van der Waals surface area (Å²) in [7, 11) is 2.02. The van der Waals surface area contributed by atoms with Crippen LogP contribution in [0, 0.1) is 0 Å². The summed E-state index contributed by atoms with van der Waals surface area (Å²) >= 11 is 0. The summed E-state index contributed by atoms with van der Waals surface area (Å²) in [5.41, 5.74) is 13.8. The minimum absolute atomic E-state index is 0.0125. The van der Waals surface area contributed by atoms with Crippen molar-refractivity contribution in [2.75, 3.05) is 24.6 Å². The third-order valence-electron chi connectivity index (χ3n) is 11.1. The number of benzene rings is 5. The second-order valence-corrected chi connectivity index (χ2v) is 15.5. The first-order chi connectivity index (χ1) is 28.7. The number of rotatable bonds is 19. The van der Waals surface area contributed by atoms with Gasteiger partial charge in [0.25, 0.3) is 0 Å².